The van der Waals surface area contributed by atoms with Crippen molar-refractivity contribution in [2.45, 2.75) is 50.4 Å². The summed E-state index contributed by atoms with van der Waals surface area (Å²) in [5, 5.41) is 3.20. The molecule has 134 valence electrons. The first-order chi connectivity index (χ1) is 12.8. The zero-order chi connectivity index (χ0) is 17.8. The van der Waals surface area contributed by atoms with Crippen molar-refractivity contribution in [3.8, 4) is 0 Å². The van der Waals surface area contributed by atoms with Gasteiger partial charge in [0.05, 0.1) is 0 Å². The monoisotopic (exact) mass is 347 g/mol. The van der Waals surface area contributed by atoms with Gasteiger partial charge in [-0.15, -0.1) is 0 Å². The molecular formula is C22H25N3O. The van der Waals surface area contributed by atoms with E-state index in [9.17, 15) is 4.79 Å². The summed E-state index contributed by atoms with van der Waals surface area (Å²) in [6.07, 6.45) is 11.5. The number of pyridine rings is 1. The quantitative estimate of drug-likeness (QED) is 0.843. The highest BCUT2D eigenvalue weighted by Crippen LogP contribution is 2.36. The third-order valence-corrected chi connectivity index (χ3v) is 5.55. The third-order valence-electron chi connectivity index (χ3n) is 5.55. The molecule has 2 aliphatic heterocycles. The number of nitrogens with zero attached hydrogens (tertiary/aromatic N) is 2. The van der Waals surface area contributed by atoms with E-state index in [1.165, 1.54) is 18.4 Å². The van der Waals surface area contributed by atoms with Gasteiger partial charge in [-0.05, 0) is 49.0 Å². The first kappa shape index (κ1) is 17.0. The van der Waals surface area contributed by atoms with Gasteiger partial charge < -0.3 is 5.32 Å². The Morgan fingerprint density at radius 3 is 2.58 bits per heavy atom. The number of aromatic nitrogens is 1. The van der Waals surface area contributed by atoms with Crippen molar-refractivity contribution in [3.05, 3.63) is 72.1 Å². The van der Waals surface area contributed by atoms with Gasteiger partial charge in [-0.25, -0.2) is 0 Å². The van der Waals surface area contributed by atoms with Crippen LogP contribution in [-0.4, -0.2) is 33.9 Å². The maximum Gasteiger partial charge on any atom is 0.244 e. The normalized spacial score (nSPS) is 25.5. The van der Waals surface area contributed by atoms with Crippen LogP contribution in [0.5, 0.6) is 0 Å². The van der Waals surface area contributed by atoms with Crippen molar-refractivity contribution in [2.24, 2.45) is 0 Å². The Kier molecular flexibility index (Phi) is 5.12. The van der Waals surface area contributed by atoms with E-state index in [-0.39, 0.29) is 11.9 Å². The van der Waals surface area contributed by atoms with Crippen molar-refractivity contribution in [1.82, 2.24) is 15.2 Å². The van der Waals surface area contributed by atoms with Crippen LogP contribution < -0.4 is 5.32 Å². The fourth-order valence-electron chi connectivity index (χ4n) is 4.34. The van der Waals surface area contributed by atoms with E-state index >= 15 is 0 Å². The van der Waals surface area contributed by atoms with E-state index in [0.29, 0.717) is 12.1 Å². The topological polar surface area (TPSA) is 45.2 Å². The molecular weight excluding hydrogens is 322 g/mol. The van der Waals surface area contributed by atoms with Crippen LogP contribution >= 0.6 is 0 Å². The first-order valence-electron chi connectivity index (χ1n) is 9.46. The average Bonchev–Trinajstić information content (AvgIpc) is 2.90. The Hall–Kier alpha value is -2.46. The maximum atomic E-state index is 12.3. The lowest BCUT2D eigenvalue weighted by Crippen LogP contribution is -2.49. The minimum absolute atomic E-state index is 0.00485. The fourth-order valence-corrected chi connectivity index (χ4v) is 4.34. The van der Waals surface area contributed by atoms with E-state index in [2.05, 4.69) is 45.5 Å². The second-order valence-corrected chi connectivity index (χ2v) is 7.34. The van der Waals surface area contributed by atoms with Gasteiger partial charge in [0.15, 0.2) is 0 Å². The molecule has 2 aromatic rings. The molecule has 1 aromatic heterocycles. The third kappa shape index (κ3) is 4.02. The van der Waals surface area contributed by atoms with Crippen molar-refractivity contribution >= 4 is 12.0 Å². The molecule has 2 fully saturated rings. The lowest BCUT2D eigenvalue weighted by molar-refractivity contribution is -0.117. The minimum Gasteiger partial charge on any atom is -0.350 e. The van der Waals surface area contributed by atoms with Crippen molar-refractivity contribution in [3.63, 3.8) is 0 Å². The van der Waals surface area contributed by atoms with Crippen LogP contribution in [0.1, 0.15) is 36.8 Å². The van der Waals surface area contributed by atoms with Crippen LogP contribution in [0.2, 0.25) is 0 Å². The summed E-state index contributed by atoms with van der Waals surface area (Å²) < 4.78 is 0. The number of hydrogen-bond donors (Lipinski definition) is 1. The zero-order valence-electron chi connectivity index (χ0n) is 14.9. The molecule has 2 unspecified atom stereocenters. The van der Waals surface area contributed by atoms with E-state index in [4.69, 9.17) is 0 Å². The molecule has 4 rings (SSSR count). The summed E-state index contributed by atoms with van der Waals surface area (Å²) in [4.78, 5) is 19.0. The van der Waals surface area contributed by atoms with Gasteiger partial charge in [-0.1, -0.05) is 36.4 Å². The van der Waals surface area contributed by atoms with Crippen molar-refractivity contribution in [1.29, 1.82) is 0 Å². The SMILES string of the molecule is O=C(C=Cc1cccnc1)NC1CC2CCC(C1)N2Cc1ccccc1. The van der Waals surface area contributed by atoms with E-state index in [1.54, 1.807) is 18.5 Å². The van der Waals surface area contributed by atoms with Crippen molar-refractivity contribution < 1.29 is 4.79 Å². The van der Waals surface area contributed by atoms with Gasteiger partial charge in [0.1, 0.15) is 0 Å². The molecule has 2 atom stereocenters. The molecule has 1 amide bonds. The number of rotatable bonds is 5. The smallest absolute Gasteiger partial charge is 0.244 e. The molecule has 0 aliphatic carbocycles. The summed E-state index contributed by atoms with van der Waals surface area (Å²) in [5.74, 6) is -0.00485. The van der Waals surface area contributed by atoms with Crippen LogP contribution in [-0.2, 0) is 11.3 Å². The van der Waals surface area contributed by atoms with Crippen LogP contribution in [0.3, 0.4) is 0 Å². The fraction of sp³-hybridized carbons (Fsp3) is 0.364. The zero-order valence-corrected chi connectivity index (χ0v) is 14.9. The number of nitrogens with one attached hydrogen (secondary N) is 1. The van der Waals surface area contributed by atoms with Crippen molar-refractivity contribution in [2.75, 3.05) is 0 Å². The predicted molar refractivity (Wildman–Crippen MR) is 103 cm³/mol. The standard InChI is InChI=1S/C22H25N3O/c26-22(11-8-17-7-4-12-23-15-17)24-19-13-20-9-10-21(14-19)25(20)16-18-5-2-1-3-6-18/h1-8,11-12,15,19-21H,9-10,13-14,16H2,(H,24,26). The van der Waals surface area contributed by atoms with Gasteiger partial charge in [0.2, 0.25) is 5.91 Å². The largest absolute Gasteiger partial charge is 0.350 e. The summed E-state index contributed by atoms with van der Waals surface area (Å²) >= 11 is 0. The Morgan fingerprint density at radius 2 is 1.88 bits per heavy atom. The molecule has 4 heteroatoms. The Morgan fingerprint density at radius 1 is 1.12 bits per heavy atom. The second kappa shape index (κ2) is 7.83. The Labute approximate surface area is 154 Å². The Bertz CT molecular complexity index is 745. The van der Waals surface area contributed by atoms with Gasteiger partial charge in [-0.2, -0.15) is 0 Å². The molecule has 26 heavy (non-hydrogen) atoms. The number of hydrogen-bond acceptors (Lipinski definition) is 3. The summed E-state index contributed by atoms with van der Waals surface area (Å²) in [6, 6.07) is 16.0. The molecule has 2 saturated heterocycles. The van der Waals surface area contributed by atoms with Crippen LogP contribution in [0.4, 0.5) is 0 Å². The number of amides is 1. The number of carbonyl (C=O) groups excluding carboxylic acids is 1. The molecule has 2 bridgehead atoms. The molecule has 1 N–H and O–H groups in total. The van der Waals surface area contributed by atoms with Crippen LogP contribution in [0.25, 0.3) is 6.08 Å². The second-order valence-electron chi connectivity index (χ2n) is 7.34. The highest BCUT2D eigenvalue weighted by atomic mass is 16.1. The number of piperidine rings is 1. The number of benzene rings is 1. The summed E-state index contributed by atoms with van der Waals surface area (Å²) in [5.41, 5.74) is 2.33. The molecule has 0 spiro atoms. The summed E-state index contributed by atoms with van der Waals surface area (Å²) in [7, 11) is 0. The summed E-state index contributed by atoms with van der Waals surface area (Å²) in [6.45, 7) is 1.03. The molecule has 4 nitrogen and oxygen atoms in total. The maximum absolute atomic E-state index is 12.3. The lowest BCUT2D eigenvalue weighted by Gasteiger charge is -2.39. The van der Waals surface area contributed by atoms with Gasteiger partial charge in [-0.3, -0.25) is 14.7 Å². The molecule has 2 aliphatic rings. The minimum atomic E-state index is -0.00485. The number of fused-ring (bicyclic) bond motifs is 2. The van der Waals surface area contributed by atoms with Crippen LogP contribution in [0.15, 0.2) is 60.9 Å². The molecule has 0 saturated carbocycles. The van der Waals surface area contributed by atoms with E-state index in [1.807, 2.05) is 18.2 Å². The average molecular weight is 347 g/mol. The van der Waals surface area contributed by atoms with Gasteiger partial charge in [0.25, 0.3) is 0 Å². The molecule has 0 radical (unpaired) electrons. The predicted octanol–water partition coefficient (Wildman–Crippen LogP) is 3.41. The number of carbonyl (C=O) groups is 1. The molecule has 1 aromatic carbocycles. The van der Waals surface area contributed by atoms with E-state index < -0.39 is 0 Å². The Balaban J connectivity index is 1.32. The highest BCUT2D eigenvalue weighted by Gasteiger charge is 2.40. The van der Waals surface area contributed by atoms with Gasteiger partial charge >= 0.3 is 0 Å². The van der Waals surface area contributed by atoms with Crippen LogP contribution in [0, 0.1) is 0 Å². The lowest BCUT2D eigenvalue weighted by atomic mass is 9.96. The van der Waals surface area contributed by atoms with E-state index in [0.717, 1.165) is 24.9 Å². The molecule has 3 heterocycles. The van der Waals surface area contributed by atoms with Gasteiger partial charge in [0, 0.05) is 43.1 Å². The first-order valence-corrected chi connectivity index (χ1v) is 9.46. The highest BCUT2D eigenvalue weighted by molar-refractivity contribution is 5.91.